The van der Waals surface area contributed by atoms with Crippen LogP contribution >= 0.6 is 0 Å². The minimum absolute atomic E-state index is 0.111. The maximum Gasteiger partial charge on any atom is 0.505 e. The summed E-state index contributed by atoms with van der Waals surface area (Å²) in [7, 11) is 0.111. The summed E-state index contributed by atoms with van der Waals surface area (Å²) in [6, 6.07) is 0. The first-order chi connectivity index (χ1) is 10.6. The fourth-order valence-corrected chi connectivity index (χ4v) is 4.88. The Morgan fingerprint density at radius 3 is 1.77 bits per heavy atom. The van der Waals surface area contributed by atoms with Crippen molar-refractivity contribution in [1.82, 2.24) is 0 Å². The van der Waals surface area contributed by atoms with Crippen LogP contribution in [0.15, 0.2) is 0 Å². The number of carbonyl (C=O) groups is 1. The second-order valence-corrected chi connectivity index (χ2v) is 8.81. The van der Waals surface area contributed by atoms with Crippen LogP contribution < -0.4 is 0 Å². The lowest BCUT2D eigenvalue weighted by Crippen LogP contribution is -2.16. The van der Waals surface area contributed by atoms with Crippen molar-refractivity contribution in [2.24, 2.45) is 0 Å². The Morgan fingerprint density at radius 2 is 1.36 bits per heavy atom. The molecule has 132 valence electrons. The molecule has 0 aromatic carbocycles. The zero-order chi connectivity index (χ0) is 16.7. The minimum Gasteiger partial charge on any atom is -0.450 e. The Bertz CT molecular complexity index is 257. The highest BCUT2D eigenvalue weighted by Gasteiger charge is 2.22. The van der Waals surface area contributed by atoms with E-state index < -0.39 is 6.16 Å². The van der Waals surface area contributed by atoms with Crippen molar-refractivity contribution >= 4 is 15.7 Å². The molecule has 0 aliphatic carbocycles. The third kappa shape index (κ3) is 11.1. The van der Waals surface area contributed by atoms with Gasteiger partial charge in [-0.2, -0.15) is 0 Å². The monoisotopic (exact) mass is 330 g/mol. The first-order valence-corrected chi connectivity index (χ1v) is 11.6. The second-order valence-electron chi connectivity index (χ2n) is 6.61. The molecule has 0 heterocycles. The molecule has 22 heavy (non-hydrogen) atoms. The van der Waals surface area contributed by atoms with E-state index in [4.69, 9.17) is 5.11 Å². The Morgan fingerprint density at radius 1 is 0.909 bits per heavy atom. The molecule has 0 unspecified atom stereocenters. The van der Waals surface area contributed by atoms with E-state index >= 15 is 0 Å². The lowest BCUT2D eigenvalue weighted by molar-refractivity contribution is 0.0899. The topological polar surface area (TPSA) is 46.5 Å². The van der Waals surface area contributed by atoms with Crippen LogP contribution in [0.3, 0.4) is 0 Å². The lowest BCUT2D eigenvalue weighted by Gasteiger charge is -2.30. The first kappa shape index (κ1) is 21.5. The van der Waals surface area contributed by atoms with Crippen molar-refractivity contribution in [2.45, 2.75) is 102 Å². The molecule has 0 spiro atoms. The van der Waals surface area contributed by atoms with E-state index in [1.54, 1.807) is 0 Å². The molecule has 0 bridgehead atoms. The molecular formula is C18H38O3Si. The van der Waals surface area contributed by atoms with Gasteiger partial charge in [0.05, 0.1) is 6.61 Å². The maximum atomic E-state index is 10.2. The fourth-order valence-electron chi connectivity index (χ4n) is 3.28. The van der Waals surface area contributed by atoms with E-state index in [1.807, 2.05) is 0 Å². The number of hydrogen-bond acceptors (Lipinski definition) is 2. The van der Waals surface area contributed by atoms with Crippen LogP contribution in [0.5, 0.6) is 0 Å². The zero-order valence-corrected chi connectivity index (χ0v) is 16.6. The van der Waals surface area contributed by atoms with Gasteiger partial charge in [-0.25, -0.2) is 4.79 Å². The number of unbranched alkanes of at least 4 members (excludes halogenated alkanes) is 8. The summed E-state index contributed by atoms with van der Waals surface area (Å²) in [4.78, 5) is 10.2. The van der Waals surface area contributed by atoms with Crippen molar-refractivity contribution in [1.29, 1.82) is 0 Å². The van der Waals surface area contributed by atoms with Crippen LogP contribution in [-0.2, 0) is 4.74 Å². The molecule has 0 amide bonds. The summed E-state index contributed by atoms with van der Waals surface area (Å²) in [6.07, 6.45) is 14.4. The predicted octanol–water partition coefficient (Wildman–Crippen LogP) is 5.78. The van der Waals surface area contributed by atoms with E-state index in [0.717, 1.165) is 17.9 Å². The molecule has 0 aromatic rings. The number of rotatable bonds is 15. The van der Waals surface area contributed by atoms with Gasteiger partial charge < -0.3 is 9.84 Å². The first-order valence-electron chi connectivity index (χ1n) is 9.46. The Hall–Kier alpha value is -0.513. The molecule has 4 heteroatoms. The van der Waals surface area contributed by atoms with Crippen molar-refractivity contribution in [3.8, 4) is 0 Å². The molecule has 1 N–H and O–H groups in total. The van der Waals surface area contributed by atoms with Crippen molar-refractivity contribution in [2.75, 3.05) is 6.61 Å². The highest BCUT2D eigenvalue weighted by molar-refractivity contribution is 6.38. The standard InChI is InChI=1S/C18H38O3Si/c1-4-18(5-2,22-3)15-13-11-9-7-6-8-10-12-14-16-21-17(19)20/h4-16,22H2,1-3H3,(H,19,20). The second kappa shape index (κ2) is 14.1. The Balaban J connectivity index is 3.32. The molecule has 0 rings (SSSR count). The molecule has 0 aliphatic rings. The minimum atomic E-state index is -1.15. The molecule has 0 aromatic heterocycles. The van der Waals surface area contributed by atoms with Gasteiger partial charge in [0.2, 0.25) is 0 Å². The number of hydrogen-bond donors (Lipinski definition) is 1. The van der Waals surface area contributed by atoms with E-state index in [0.29, 0.717) is 6.61 Å². The van der Waals surface area contributed by atoms with Crippen LogP contribution in [-0.4, -0.2) is 27.4 Å². The van der Waals surface area contributed by atoms with Gasteiger partial charge in [-0.05, 0) is 11.5 Å². The molecule has 0 radical (unpaired) electrons. The summed E-state index contributed by atoms with van der Waals surface area (Å²) in [5.74, 6) is 0. The quantitative estimate of drug-likeness (QED) is 0.235. The Labute approximate surface area is 140 Å². The van der Waals surface area contributed by atoms with Gasteiger partial charge in [-0.15, -0.1) is 0 Å². The van der Waals surface area contributed by atoms with Gasteiger partial charge >= 0.3 is 6.16 Å². The van der Waals surface area contributed by atoms with E-state index in [-0.39, 0.29) is 9.52 Å². The lowest BCUT2D eigenvalue weighted by atomic mass is 9.94. The fraction of sp³-hybridized carbons (Fsp3) is 0.944. The maximum absolute atomic E-state index is 10.2. The van der Waals surface area contributed by atoms with Gasteiger partial charge in [-0.3, -0.25) is 0 Å². The summed E-state index contributed by atoms with van der Waals surface area (Å²) in [6.45, 7) is 7.59. The van der Waals surface area contributed by atoms with Crippen LogP contribution in [0.4, 0.5) is 4.79 Å². The van der Waals surface area contributed by atoms with Gasteiger partial charge in [0.15, 0.2) is 0 Å². The van der Waals surface area contributed by atoms with E-state index in [2.05, 4.69) is 25.1 Å². The average molecular weight is 331 g/mol. The molecule has 0 saturated carbocycles. The summed E-state index contributed by atoms with van der Waals surface area (Å²) < 4.78 is 4.49. The molecule has 0 atom stereocenters. The summed E-state index contributed by atoms with van der Waals surface area (Å²) >= 11 is 0. The highest BCUT2D eigenvalue weighted by Crippen LogP contribution is 2.39. The van der Waals surface area contributed by atoms with Crippen molar-refractivity contribution < 1.29 is 14.6 Å². The molecule has 3 nitrogen and oxygen atoms in total. The third-order valence-electron chi connectivity index (χ3n) is 5.33. The third-order valence-corrected chi connectivity index (χ3v) is 8.18. The van der Waals surface area contributed by atoms with E-state index in [9.17, 15) is 4.79 Å². The number of ether oxygens (including phenoxy) is 1. The van der Waals surface area contributed by atoms with Gasteiger partial charge in [0.1, 0.15) is 0 Å². The normalized spacial score (nSPS) is 12.1. The van der Waals surface area contributed by atoms with Crippen LogP contribution in [0, 0.1) is 0 Å². The van der Waals surface area contributed by atoms with Gasteiger partial charge in [0, 0.05) is 9.52 Å². The molecule has 0 saturated heterocycles. The summed E-state index contributed by atoms with van der Waals surface area (Å²) in [5.41, 5.74) is 0. The van der Waals surface area contributed by atoms with Crippen molar-refractivity contribution in [3.05, 3.63) is 0 Å². The molecule has 0 aliphatic heterocycles. The van der Waals surface area contributed by atoms with Gasteiger partial charge in [-0.1, -0.05) is 91.0 Å². The summed E-state index contributed by atoms with van der Waals surface area (Å²) in [5, 5.41) is 9.08. The average Bonchev–Trinajstić information content (AvgIpc) is 2.52. The van der Waals surface area contributed by atoms with Crippen LogP contribution in [0.25, 0.3) is 0 Å². The van der Waals surface area contributed by atoms with Gasteiger partial charge in [0.25, 0.3) is 0 Å². The Kier molecular flexibility index (Phi) is 13.8. The van der Waals surface area contributed by atoms with E-state index in [1.165, 1.54) is 64.2 Å². The van der Waals surface area contributed by atoms with Crippen molar-refractivity contribution in [3.63, 3.8) is 0 Å². The van der Waals surface area contributed by atoms with Crippen LogP contribution in [0.1, 0.15) is 90.9 Å². The van der Waals surface area contributed by atoms with Crippen LogP contribution in [0.2, 0.25) is 11.6 Å². The largest absolute Gasteiger partial charge is 0.505 e. The smallest absolute Gasteiger partial charge is 0.450 e. The zero-order valence-electron chi connectivity index (χ0n) is 15.2. The highest BCUT2D eigenvalue weighted by atomic mass is 28.2. The molecule has 0 fully saturated rings. The molecular weight excluding hydrogens is 292 g/mol. The predicted molar refractivity (Wildman–Crippen MR) is 97.8 cm³/mol. The SMILES string of the molecule is CCC(CC)(CCCCCCCCCCCOC(=O)O)[SiH2]C. The number of carboxylic acid groups (broad SMARTS) is 1.